The first-order valence-electron chi connectivity index (χ1n) is 5.20. The first-order valence-corrected chi connectivity index (χ1v) is 5.20. The van der Waals surface area contributed by atoms with E-state index in [0.29, 0.717) is 0 Å². The van der Waals surface area contributed by atoms with E-state index in [-0.39, 0.29) is 0 Å². The normalized spacial score (nSPS) is 36.4. The number of hydrogen-bond acceptors (Lipinski definition) is 3. The minimum atomic E-state index is -5.37. The lowest BCUT2D eigenvalue weighted by atomic mass is 9.65. The molecule has 2 N–H and O–H groups in total. The number of carbonyl (C=O) groups excluding carboxylic acids is 1. The van der Waals surface area contributed by atoms with E-state index in [0.717, 1.165) is 0 Å². The first kappa shape index (κ1) is 14.9. The van der Waals surface area contributed by atoms with Gasteiger partial charge in [-0.1, -0.05) is 0 Å². The Morgan fingerprint density at radius 1 is 1.15 bits per heavy atom. The summed E-state index contributed by atoms with van der Waals surface area (Å²) in [5.74, 6) is -4.27. The van der Waals surface area contributed by atoms with Gasteiger partial charge in [-0.25, -0.2) is 4.79 Å². The predicted molar refractivity (Wildman–Crippen MR) is 47.5 cm³/mol. The number of carboxylic acid groups (broad SMARTS) is 1. The van der Waals surface area contributed by atoms with Crippen molar-refractivity contribution in [3.05, 3.63) is 0 Å². The van der Waals surface area contributed by atoms with Crippen LogP contribution in [-0.4, -0.2) is 46.6 Å². The van der Waals surface area contributed by atoms with Gasteiger partial charge in [0.15, 0.2) is 11.7 Å². The molecule has 1 atom stereocenters. The molecule has 1 saturated carbocycles. The number of aliphatic carboxylic acids is 1. The third-order valence-corrected chi connectivity index (χ3v) is 3.35. The maximum Gasteiger partial charge on any atom is 0.471 e. The number of amides is 1. The van der Waals surface area contributed by atoms with E-state index in [1.165, 1.54) is 5.32 Å². The Bertz CT molecular complexity index is 464. The standard InChI is InChI=1S/C9H7F6NO4/c10-8(11,12)3-6(16-4(17)9(13,14)15)1-7(2-6,20-3)5(18)19/h3H,1-2H2,(H,16,17)(H,18,19). The molecule has 2 bridgehead atoms. The van der Waals surface area contributed by atoms with E-state index in [1.54, 1.807) is 0 Å². The van der Waals surface area contributed by atoms with Crippen LogP contribution in [0, 0.1) is 0 Å². The summed E-state index contributed by atoms with van der Waals surface area (Å²) in [4.78, 5) is 21.6. The van der Waals surface area contributed by atoms with Gasteiger partial charge in [0.05, 0.1) is 5.54 Å². The van der Waals surface area contributed by atoms with Crippen LogP contribution in [0.1, 0.15) is 12.8 Å². The molecule has 1 aliphatic carbocycles. The van der Waals surface area contributed by atoms with Gasteiger partial charge in [0.1, 0.15) is 0 Å². The number of fused-ring (bicyclic) bond motifs is 1. The maximum absolute atomic E-state index is 12.7. The van der Waals surface area contributed by atoms with Gasteiger partial charge in [-0.15, -0.1) is 0 Å². The Morgan fingerprint density at radius 3 is 2.00 bits per heavy atom. The van der Waals surface area contributed by atoms with Crippen LogP contribution in [0.15, 0.2) is 0 Å². The molecule has 5 nitrogen and oxygen atoms in total. The second kappa shape index (κ2) is 3.77. The van der Waals surface area contributed by atoms with Crippen molar-refractivity contribution < 1.29 is 45.8 Å². The maximum atomic E-state index is 12.7. The van der Waals surface area contributed by atoms with Crippen molar-refractivity contribution in [1.29, 1.82) is 0 Å². The monoisotopic (exact) mass is 307 g/mol. The Kier molecular flexibility index (Phi) is 2.81. The van der Waals surface area contributed by atoms with E-state index < -0.39 is 54.3 Å². The van der Waals surface area contributed by atoms with Crippen molar-refractivity contribution in [1.82, 2.24) is 5.32 Å². The quantitative estimate of drug-likeness (QED) is 0.746. The average Bonchev–Trinajstić information content (AvgIpc) is 2.65. The Labute approximate surface area is 106 Å². The molecule has 0 aromatic heterocycles. The molecule has 0 radical (unpaired) electrons. The Morgan fingerprint density at radius 2 is 1.65 bits per heavy atom. The minimum Gasteiger partial charge on any atom is -0.479 e. The van der Waals surface area contributed by atoms with Gasteiger partial charge in [0.25, 0.3) is 0 Å². The summed E-state index contributed by atoms with van der Waals surface area (Å²) in [5, 5.41) is 10.0. The molecule has 1 amide bonds. The molecule has 3 aliphatic rings. The van der Waals surface area contributed by atoms with E-state index in [4.69, 9.17) is 5.11 Å². The molecule has 11 heteroatoms. The summed E-state index contributed by atoms with van der Waals surface area (Å²) in [6.45, 7) is 0. The smallest absolute Gasteiger partial charge is 0.471 e. The van der Waals surface area contributed by atoms with Crippen LogP contribution in [0.5, 0.6) is 0 Å². The van der Waals surface area contributed by atoms with Gasteiger partial charge >= 0.3 is 24.2 Å². The molecular formula is C9H7F6NO4. The number of alkyl halides is 6. The molecule has 0 spiro atoms. The second-order valence-corrected chi connectivity index (χ2v) is 4.80. The van der Waals surface area contributed by atoms with Crippen LogP contribution in [0.2, 0.25) is 0 Å². The van der Waals surface area contributed by atoms with Gasteiger partial charge < -0.3 is 15.2 Å². The fourth-order valence-electron chi connectivity index (χ4n) is 2.61. The van der Waals surface area contributed by atoms with Crippen molar-refractivity contribution in [3.8, 4) is 0 Å². The Hall–Kier alpha value is -1.52. The number of ether oxygens (including phenoxy) is 1. The number of halogens is 6. The van der Waals surface area contributed by atoms with Crippen LogP contribution in [-0.2, 0) is 14.3 Å². The summed E-state index contributed by atoms with van der Waals surface area (Å²) in [7, 11) is 0. The fourth-order valence-corrected chi connectivity index (χ4v) is 2.61. The molecule has 114 valence electrons. The van der Waals surface area contributed by atoms with Gasteiger partial charge in [0, 0.05) is 12.8 Å². The van der Waals surface area contributed by atoms with Gasteiger partial charge in [-0.3, -0.25) is 4.79 Å². The highest BCUT2D eigenvalue weighted by Crippen LogP contribution is 2.59. The first-order chi connectivity index (χ1) is 8.82. The van der Waals surface area contributed by atoms with Crippen LogP contribution in [0.4, 0.5) is 26.3 Å². The third kappa shape index (κ3) is 2.00. The molecule has 3 rings (SSSR count). The van der Waals surface area contributed by atoms with Crippen LogP contribution < -0.4 is 5.32 Å². The fraction of sp³-hybridized carbons (Fsp3) is 0.778. The van der Waals surface area contributed by atoms with E-state index in [9.17, 15) is 35.9 Å². The van der Waals surface area contributed by atoms with Crippen LogP contribution in [0.25, 0.3) is 0 Å². The number of carbonyl (C=O) groups is 2. The molecule has 2 saturated heterocycles. The molecule has 2 heterocycles. The molecular weight excluding hydrogens is 300 g/mol. The van der Waals surface area contributed by atoms with Crippen molar-refractivity contribution >= 4 is 11.9 Å². The van der Waals surface area contributed by atoms with Gasteiger partial charge in [-0.2, -0.15) is 26.3 Å². The summed E-state index contributed by atoms with van der Waals surface area (Å²) in [6.07, 6.45) is -15.0. The lowest BCUT2D eigenvalue weighted by Crippen LogP contribution is -2.67. The molecule has 3 fully saturated rings. The molecule has 0 aromatic rings. The minimum absolute atomic E-state index is 0.860. The van der Waals surface area contributed by atoms with Gasteiger partial charge in [0.2, 0.25) is 0 Å². The summed E-state index contributed by atoms with van der Waals surface area (Å²) in [5.41, 5.74) is -4.58. The highest BCUT2D eigenvalue weighted by Gasteiger charge is 2.78. The lowest BCUT2D eigenvalue weighted by molar-refractivity contribution is -0.222. The summed E-state index contributed by atoms with van der Waals surface area (Å²) in [6, 6.07) is 0. The zero-order chi connectivity index (χ0) is 15.6. The highest BCUT2D eigenvalue weighted by atomic mass is 19.4. The van der Waals surface area contributed by atoms with Gasteiger partial charge in [-0.05, 0) is 0 Å². The molecule has 20 heavy (non-hydrogen) atoms. The highest BCUT2D eigenvalue weighted by molar-refractivity contribution is 5.85. The average molecular weight is 307 g/mol. The van der Waals surface area contributed by atoms with E-state index in [2.05, 4.69) is 4.74 Å². The topological polar surface area (TPSA) is 75.6 Å². The number of carboxylic acids is 1. The SMILES string of the molecule is O=C(NC12CC(C(=O)O)(C1)OC2C(F)(F)F)C(F)(F)F. The van der Waals surface area contributed by atoms with Crippen molar-refractivity contribution in [2.75, 3.05) is 0 Å². The zero-order valence-electron chi connectivity index (χ0n) is 9.43. The third-order valence-electron chi connectivity index (χ3n) is 3.35. The van der Waals surface area contributed by atoms with Crippen molar-refractivity contribution in [2.24, 2.45) is 0 Å². The Balaban J connectivity index is 2.26. The van der Waals surface area contributed by atoms with E-state index in [1.807, 2.05) is 0 Å². The van der Waals surface area contributed by atoms with Crippen LogP contribution in [0.3, 0.4) is 0 Å². The number of rotatable bonds is 2. The predicted octanol–water partition coefficient (Wildman–Crippen LogP) is 0.982. The lowest BCUT2D eigenvalue weighted by Gasteiger charge is -2.43. The molecule has 0 aromatic carbocycles. The molecule has 1 unspecified atom stereocenters. The zero-order valence-corrected chi connectivity index (χ0v) is 9.43. The largest absolute Gasteiger partial charge is 0.479 e. The molecule has 2 aliphatic heterocycles. The number of hydrogen-bond donors (Lipinski definition) is 2. The van der Waals surface area contributed by atoms with E-state index >= 15 is 0 Å². The summed E-state index contributed by atoms with van der Waals surface area (Å²) < 4.78 is 78.8. The van der Waals surface area contributed by atoms with Crippen molar-refractivity contribution in [2.45, 2.75) is 42.4 Å². The van der Waals surface area contributed by atoms with Crippen molar-refractivity contribution in [3.63, 3.8) is 0 Å². The number of nitrogens with one attached hydrogen (secondary N) is 1. The summed E-state index contributed by atoms with van der Waals surface area (Å²) >= 11 is 0. The second-order valence-electron chi connectivity index (χ2n) is 4.80. The van der Waals surface area contributed by atoms with Crippen LogP contribution >= 0.6 is 0 Å².